The third-order valence-electron chi connectivity index (χ3n) is 6.14. The molecule has 1 amide bonds. The summed E-state index contributed by atoms with van der Waals surface area (Å²) in [6.45, 7) is 7.85. The van der Waals surface area contributed by atoms with Crippen molar-refractivity contribution in [2.45, 2.75) is 52.5 Å². The van der Waals surface area contributed by atoms with Crippen molar-refractivity contribution in [3.8, 4) is 17.2 Å². The minimum atomic E-state index is -0.806. The highest BCUT2D eigenvalue weighted by atomic mass is 16.5. The maximum absolute atomic E-state index is 13.4. The Bertz CT molecular complexity index is 1330. The smallest absolute Gasteiger partial charge is 0.295 e. The zero-order valence-electron chi connectivity index (χ0n) is 22.3. The summed E-state index contributed by atoms with van der Waals surface area (Å²) in [5.41, 5.74) is 1.87. The number of hydrogen-bond acceptors (Lipinski definition) is 6. The van der Waals surface area contributed by atoms with Gasteiger partial charge in [0.1, 0.15) is 23.0 Å². The molecular weight excluding hydrogens is 482 g/mol. The van der Waals surface area contributed by atoms with E-state index >= 15 is 0 Å². The molecule has 198 valence electrons. The first-order valence-corrected chi connectivity index (χ1v) is 12.6. The average Bonchev–Trinajstić information content (AvgIpc) is 3.14. The van der Waals surface area contributed by atoms with E-state index in [0.29, 0.717) is 28.4 Å². The van der Waals surface area contributed by atoms with E-state index in [9.17, 15) is 14.7 Å². The fourth-order valence-electron chi connectivity index (χ4n) is 4.53. The van der Waals surface area contributed by atoms with Gasteiger partial charge in [-0.3, -0.25) is 9.59 Å². The largest absolute Gasteiger partial charge is 0.507 e. The lowest BCUT2D eigenvalue weighted by Gasteiger charge is -2.26. The molecule has 38 heavy (non-hydrogen) atoms. The Balaban J connectivity index is 1.80. The lowest BCUT2D eigenvalue weighted by Crippen LogP contribution is -2.29. The van der Waals surface area contributed by atoms with Crippen molar-refractivity contribution in [1.82, 2.24) is 4.90 Å². The number of benzene rings is 3. The number of hydrogen-bond donors (Lipinski definition) is 1. The van der Waals surface area contributed by atoms with Gasteiger partial charge in [0.2, 0.25) is 0 Å². The van der Waals surface area contributed by atoms with Gasteiger partial charge in [-0.1, -0.05) is 30.3 Å². The maximum Gasteiger partial charge on any atom is 0.295 e. The van der Waals surface area contributed by atoms with Gasteiger partial charge in [-0.15, -0.1) is 0 Å². The molecule has 3 aromatic carbocycles. The minimum absolute atomic E-state index is 0.000298. The number of carbonyl (C=O) groups excluding carboxylic acids is 2. The molecule has 1 N–H and O–H groups in total. The van der Waals surface area contributed by atoms with Crippen LogP contribution < -0.4 is 14.2 Å². The molecule has 1 heterocycles. The number of Topliss-reactive ketones (excluding diaryl/α,β-unsaturated/α-hetero) is 1. The van der Waals surface area contributed by atoms with Crippen LogP contribution in [-0.4, -0.2) is 41.0 Å². The summed E-state index contributed by atoms with van der Waals surface area (Å²) in [5.74, 6) is 0.248. The molecule has 0 bridgehead atoms. The van der Waals surface area contributed by atoms with Crippen LogP contribution in [0, 0.1) is 0 Å². The summed E-state index contributed by atoms with van der Waals surface area (Å²) in [6, 6.07) is 20.6. The van der Waals surface area contributed by atoms with E-state index < -0.39 is 17.7 Å². The van der Waals surface area contributed by atoms with Gasteiger partial charge >= 0.3 is 0 Å². The van der Waals surface area contributed by atoms with Crippen molar-refractivity contribution >= 4 is 17.4 Å². The molecule has 0 aromatic heterocycles. The van der Waals surface area contributed by atoms with Gasteiger partial charge in [0.05, 0.1) is 37.5 Å². The van der Waals surface area contributed by atoms with Crippen LogP contribution in [0.5, 0.6) is 17.2 Å². The quantitative estimate of drug-likeness (QED) is 0.217. The number of amides is 1. The van der Waals surface area contributed by atoms with Crippen LogP contribution in [0.2, 0.25) is 0 Å². The van der Waals surface area contributed by atoms with Gasteiger partial charge in [-0.25, -0.2) is 0 Å². The normalized spacial score (nSPS) is 16.8. The van der Waals surface area contributed by atoms with E-state index in [1.807, 2.05) is 58.0 Å². The zero-order valence-corrected chi connectivity index (χ0v) is 22.3. The molecule has 1 aliphatic heterocycles. The van der Waals surface area contributed by atoms with Crippen molar-refractivity contribution < 1.29 is 28.9 Å². The Morgan fingerprint density at radius 2 is 1.39 bits per heavy atom. The van der Waals surface area contributed by atoms with Gasteiger partial charge < -0.3 is 24.2 Å². The van der Waals surface area contributed by atoms with Crippen molar-refractivity contribution in [2.75, 3.05) is 7.11 Å². The van der Waals surface area contributed by atoms with Crippen LogP contribution >= 0.6 is 0 Å². The number of aliphatic hydroxyl groups excluding tert-OH is 1. The SMILES string of the molecule is COc1ccccc1CN1C(=O)C(=O)/C(=C(/O)c2ccc(OC(C)C)cc2)C1c1ccc(OC(C)C)cc1. The van der Waals surface area contributed by atoms with E-state index in [-0.39, 0.29) is 30.1 Å². The first-order chi connectivity index (χ1) is 18.2. The third kappa shape index (κ3) is 5.67. The van der Waals surface area contributed by atoms with E-state index in [2.05, 4.69) is 0 Å². The number of para-hydroxylation sites is 1. The summed E-state index contributed by atoms with van der Waals surface area (Å²) in [6.07, 6.45) is -0.00271. The van der Waals surface area contributed by atoms with E-state index in [0.717, 1.165) is 5.56 Å². The van der Waals surface area contributed by atoms with Gasteiger partial charge in [-0.2, -0.15) is 0 Å². The number of nitrogens with zero attached hydrogens (tertiary/aromatic N) is 1. The lowest BCUT2D eigenvalue weighted by molar-refractivity contribution is -0.140. The number of aliphatic hydroxyl groups is 1. The van der Waals surface area contributed by atoms with Crippen molar-refractivity contribution in [2.24, 2.45) is 0 Å². The molecule has 3 aromatic rings. The Hall–Kier alpha value is -4.26. The molecule has 0 aliphatic carbocycles. The molecule has 1 saturated heterocycles. The summed E-state index contributed by atoms with van der Waals surface area (Å²) in [4.78, 5) is 28.2. The number of rotatable bonds is 9. The molecule has 1 fully saturated rings. The summed E-state index contributed by atoms with van der Waals surface area (Å²) < 4.78 is 16.9. The third-order valence-corrected chi connectivity index (χ3v) is 6.14. The minimum Gasteiger partial charge on any atom is -0.507 e. The average molecular weight is 516 g/mol. The Morgan fingerprint density at radius 1 is 0.842 bits per heavy atom. The van der Waals surface area contributed by atoms with Crippen molar-refractivity contribution in [1.29, 1.82) is 0 Å². The fourth-order valence-corrected chi connectivity index (χ4v) is 4.53. The second-order valence-corrected chi connectivity index (χ2v) is 9.67. The molecule has 7 heteroatoms. The van der Waals surface area contributed by atoms with Gasteiger partial charge in [0.25, 0.3) is 11.7 Å². The van der Waals surface area contributed by atoms with Crippen molar-refractivity contribution in [3.05, 3.63) is 95.1 Å². The molecular formula is C31H33NO6. The van der Waals surface area contributed by atoms with E-state index in [4.69, 9.17) is 14.2 Å². The monoisotopic (exact) mass is 515 g/mol. The highest BCUT2D eigenvalue weighted by molar-refractivity contribution is 6.46. The first-order valence-electron chi connectivity index (χ1n) is 12.6. The maximum atomic E-state index is 13.4. The van der Waals surface area contributed by atoms with Crippen LogP contribution in [0.1, 0.15) is 50.4 Å². The molecule has 1 aliphatic rings. The number of methoxy groups -OCH3 is 1. The zero-order chi connectivity index (χ0) is 27.4. The summed E-state index contributed by atoms with van der Waals surface area (Å²) in [7, 11) is 1.56. The molecule has 1 atom stereocenters. The molecule has 7 nitrogen and oxygen atoms in total. The molecule has 0 spiro atoms. The van der Waals surface area contributed by atoms with Crippen LogP contribution in [0.15, 0.2) is 78.4 Å². The van der Waals surface area contributed by atoms with E-state index in [1.54, 1.807) is 49.6 Å². The Labute approximate surface area is 223 Å². The topological polar surface area (TPSA) is 85.3 Å². The molecule has 0 saturated carbocycles. The summed E-state index contributed by atoms with van der Waals surface area (Å²) >= 11 is 0. The van der Waals surface area contributed by atoms with Crippen LogP contribution in [0.25, 0.3) is 5.76 Å². The van der Waals surface area contributed by atoms with Crippen LogP contribution in [0.4, 0.5) is 0 Å². The number of carbonyl (C=O) groups is 2. The predicted molar refractivity (Wildman–Crippen MR) is 145 cm³/mol. The van der Waals surface area contributed by atoms with Gasteiger partial charge in [-0.05, 0) is 75.7 Å². The summed E-state index contributed by atoms with van der Waals surface area (Å²) in [5, 5.41) is 11.4. The number of likely N-dealkylation sites (tertiary alicyclic amines) is 1. The number of ether oxygens (including phenoxy) is 3. The van der Waals surface area contributed by atoms with Gasteiger partial charge in [0, 0.05) is 11.1 Å². The second kappa shape index (κ2) is 11.4. The van der Waals surface area contributed by atoms with Crippen molar-refractivity contribution in [3.63, 3.8) is 0 Å². The second-order valence-electron chi connectivity index (χ2n) is 9.67. The Kier molecular flexibility index (Phi) is 8.05. The van der Waals surface area contributed by atoms with Crippen LogP contribution in [-0.2, 0) is 16.1 Å². The highest BCUT2D eigenvalue weighted by Gasteiger charge is 2.46. The Morgan fingerprint density at radius 3 is 1.95 bits per heavy atom. The van der Waals surface area contributed by atoms with Crippen LogP contribution in [0.3, 0.4) is 0 Å². The molecule has 0 radical (unpaired) electrons. The molecule has 1 unspecified atom stereocenters. The van der Waals surface area contributed by atoms with Gasteiger partial charge in [0.15, 0.2) is 0 Å². The fraction of sp³-hybridized carbons (Fsp3) is 0.290. The lowest BCUT2D eigenvalue weighted by atomic mass is 9.95. The van der Waals surface area contributed by atoms with E-state index in [1.165, 1.54) is 4.90 Å². The highest BCUT2D eigenvalue weighted by Crippen LogP contribution is 2.41. The number of ketones is 1. The predicted octanol–water partition coefficient (Wildman–Crippen LogP) is 5.89. The first kappa shape index (κ1) is 26.8. The standard InChI is InChI=1S/C31H33NO6/c1-19(2)37-24-14-10-21(11-15-24)28-27(29(33)22-12-16-25(17-13-22)38-20(3)4)30(34)31(35)32(28)18-23-8-6-7-9-26(23)36-5/h6-17,19-20,28,33H,18H2,1-5H3/b29-27+. The molecule has 4 rings (SSSR count).